The average molecular weight is 379 g/mol. The van der Waals surface area contributed by atoms with Gasteiger partial charge in [-0.1, -0.05) is 18.6 Å². The van der Waals surface area contributed by atoms with E-state index in [1.807, 2.05) is 13.8 Å². The van der Waals surface area contributed by atoms with Gasteiger partial charge in [0.1, 0.15) is 4.75 Å². The van der Waals surface area contributed by atoms with E-state index in [4.69, 9.17) is 0 Å². The molecular formula is C21H34N2O2S. The van der Waals surface area contributed by atoms with Gasteiger partial charge in [-0.05, 0) is 83.6 Å². The molecule has 0 radical (unpaired) electrons. The average Bonchev–Trinajstić information content (AvgIpc) is 3.10. The lowest BCUT2D eigenvalue weighted by Crippen LogP contribution is -2.47. The van der Waals surface area contributed by atoms with Crippen LogP contribution in [0.2, 0.25) is 0 Å². The number of fused-ring (bicyclic) bond motifs is 1. The number of carbonyl (C=O) groups excluding carboxylic acids is 1. The van der Waals surface area contributed by atoms with Gasteiger partial charge in [-0.3, -0.25) is 4.79 Å². The second-order valence-electron chi connectivity index (χ2n) is 8.74. The van der Waals surface area contributed by atoms with Crippen molar-refractivity contribution in [1.82, 2.24) is 10.0 Å². The van der Waals surface area contributed by atoms with Crippen molar-refractivity contribution in [2.45, 2.75) is 89.3 Å². The summed E-state index contributed by atoms with van der Waals surface area (Å²) in [6.07, 6.45) is 13.8. The van der Waals surface area contributed by atoms with E-state index < -0.39 is 11.4 Å². The molecule has 0 heterocycles. The summed E-state index contributed by atoms with van der Waals surface area (Å²) in [5.74, 6) is 0.977. The SMILES string of the molecule is CCC(C)(C)[S+]([O-])NC1CCC(C(=O)NC2=CCC3CCCC3=C2)CC1. The number of allylic oxidation sites excluding steroid dienone is 3. The molecule has 0 bridgehead atoms. The highest BCUT2D eigenvalue weighted by Crippen LogP contribution is 2.37. The van der Waals surface area contributed by atoms with E-state index in [1.165, 1.54) is 24.8 Å². The van der Waals surface area contributed by atoms with Crippen LogP contribution in [-0.2, 0) is 16.2 Å². The van der Waals surface area contributed by atoms with Crippen LogP contribution in [0.1, 0.15) is 78.6 Å². The van der Waals surface area contributed by atoms with E-state index in [9.17, 15) is 9.35 Å². The van der Waals surface area contributed by atoms with E-state index in [0.717, 1.165) is 50.1 Å². The van der Waals surface area contributed by atoms with Gasteiger partial charge in [0.15, 0.2) is 0 Å². The van der Waals surface area contributed by atoms with Crippen molar-refractivity contribution < 1.29 is 9.35 Å². The summed E-state index contributed by atoms with van der Waals surface area (Å²) >= 11 is -1.03. The summed E-state index contributed by atoms with van der Waals surface area (Å²) in [5, 5.41) is 3.16. The molecule has 0 aromatic carbocycles. The first-order valence-electron chi connectivity index (χ1n) is 10.3. The quantitative estimate of drug-likeness (QED) is 0.684. The highest BCUT2D eigenvalue weighted by molar-refractivity contribution is 7.90. The van der Waals surface area contributed by atoms with Crippen LogP contribution >= 0.6 is 0 Å². The van der Waals surface area contributed by atoms with Crippen LogP contribution < -0.4 is 10.0 Å². The Bertz CT molecular complexity index is 577. The van der Waals surface area contributed by atoms with Gasteiger partial charge < -0.3 is 9.87 Å². The summed E-state index contributed by atoms with van der Waals surface area (Å²) < 4.78 is 15.5. The van der Waals surface area contributed by atoms with Crippen molar-refractivity contribution in [2.75, 3.05) is 0 Å². The lowest BCUT2D eigenvalue weighted by Gasteiger charge is -2.33. The molecule has 0 aliphatic heterocycles. The lowest BCUT2D eigenvalue weighted by molar-refractivity contribution is -0.125. The molecule has 4 nitrogen and oxygen atoms in total. The van der Waals surface area contributed by atoms with Gasteiger partial charge >= 0.3 is 0 Å². The van der Waals surface area contributed by atoms with Crippen molar-refractivity contribution in [3.63, 3.8) is 0 Å². The fourth-order valence-corrected chi connectivity index (χ4v) is 5.30. The van der Waals surface area contributed by atoms with Gasteiger partial charge in [0, 0.05) is 23.0 Å². The third-order valence-electron chi connectivity index (χ3n) is 6.50. The van der Waals surface area contributed by atoms with Crippen molar-refractivity contribution >= 4 is 17.3 Å². The zero-order chi connectivity index (χ0) is 18.7. The number of amides is 1. The molecule has 2 N–H and O–H groups in total. The number of rotatable bonds is 6. The van der Waals surface area contributed by atoms with E-state index in [1.54, 1.807) is 0 Å². The summed E-state index contributed by atoms with van der Waals surface area (Å²) in [4.78, 5) is 12.6. The minimum absolute atomic E-state index is 0.0845. The third-order valence-corrected chi connectivity index (χ3v) is 8.34. The summed E-state index contributed by atoms with van der Waals surface area (Å²) in [6.45, 7) is 6.15. The highest BCUT2D eigenvalue weighted by Gasteiger charge is 2.35. The van der Waals surface area contributed by atoms with Gasteiger partial charge in [0.25, 0.3) is 0 Å². The van der Waals surface area contributed by atoms with E-state index in [-0.39, 0.29) is 22.6 Å². The predicted molar refractivity (Wildman–Crippen MR) is 108 cm³/mol. The third kappa shape index (κ3) is 4.73. The molecule has 1 amide bonds. The molecule has 0 spiro atoms. The number of hydrogen-bond donors (Lipinski definition) is 2. The van der Waals surface area contributed by atoms with Gasteiger partial charge in [-0.25, -0.2) is 0 Å². The van der Waals surface area contributed by atoms with Crippen molar-refractivity contribution in [1.29, 1.82) is 0 Å². The molecule has 2 saturated carbocycles. The minimum Gasteiger partial charge on any atom is -0.598 e. The molecule has 146 valence electrons. The Kier molecular flexibility index (Phi) is 6.52. The topological polar surface area (TPSA) is 64.2 Å². The second kappa shape index (κ2) is 8.49. The zero-order valence-electron chi connectivity index (χ0n) is 16.5. The maximum Gasteiger partial charge on any atom is 0.227 e. The molecule has 0 aromatic rings. The fraction of sp³-hybridized carbons (Fsp3) is 0.762. The summed E-state index contributed by atoms with van der Waals surface area (Å²) in [5.41, 5.74) is 2.53. The van der Waals surface area contributed by atoms with Gasteiger partial charge in [-0.15, -0.1) is 4.72 Å². The summed E-state index contributed by atoms with van der Waals surface area (Å²) in [7, 11) is 0. The van der Waals surface area contributed by atoms with Crippen LogP contribution in [0.15, 0.2) is 23.4 Å². The Morgan fingerprint density at radius 1 is 1.27 bits per heavy atom. The lowest BCUT2D eigenvalue weighted by atomic mass is 9.85. The molecular weight excluding hydrogens is 344 g/mol. The van der Waals surface area contributed by atoms with Crippen LogP contribution in [0.4, 0.5) is 0 Å². The monoisotopic (exact) mass is 378 g/mol. The van der Waals surface area contributed by atoms with Crippen molar-refractivity contribution in [2.24, 2.45) is 11.8 Å². The molecule has 2 fully saturated rings. The molecule has 2 unspecified atom stereocenters. The maximum atomic E-state index is 12.6. The van der Waals surface area contributed by atoms with Crippen LogP contribution in [0.5, 0.6) is 0 Å². The Balaban J connectivity index is 1.45. The Hall–Kier alpha value is -0.780. The smallest absolute Gasteiger partial charge is 0.227 e. The molecule has 0 aromatic heterocycles. The maximum absolute atomic E-state index is 12.6. The molecule has 3 rings (SSSR count). The highest BCUT2D eigenvalue weighted by atomic mass is 32.2. The summed E-state index contributed by atoms with van der Waals surface area (Å²) in [6, 6.07) is 0.265. The molecule has 3 aliphatic carbocycles. The van der Waals surface area contributed by atoms with Crippen molar-refractivity contribution in [3.05, 3.63) is 23.4 Å². The van der Waals surface area contributed by atoms with E-state index >= 15 is 0 Å². The first-order chi connectivity index (χ1) is 12.4. The first kappa shape index (κ1) is 20.0. The normalized spacial score (nSPS) is 30.2. The van der Waals surface area contributed by atoms with Crippen LogP contribution in [0.3, 0.4) is 0 Å². The van der Waals surface area contributed by atoms with Gasteiger partial charge in [0.2, 0.25) is 5.91 Å². The Labute approximate surface area is 161 Å². The number of carbonyl (C=O) groups is 1. The van der Waals surface area contributed by atoms with E-state index in [0.29, 0.717) is 0 Å². The predicted octanol–water partition coefficient (Wildman–Crippen LogP) is 4.12. The Morgan fingerprint density at radius 3 is 2.69 bits per heavy atom. The fourth-order valence-electron chi connectivity index (χ4n) is 4.18. The van der Waals surface area contributed by atoms with Crippen LogP contribution in [-0.4, -0.2) is 21.2 Å². The molecule has 2 atom stereocenters. The van der Waals surface area contributed by atoms with Gasteiger partial charge in [0.05, 0.1) is 6.04 Å². The zero-order valence-corrected chi connectivity index (χ0v) is 17.3. The Morgan fingerprint density at radius 2 is 2.00 bits per heavy atom. The first-order valence-corrected chi connectivity index (χ1v) is 11.4. The molecule has 0 saturated heterocycles. The van der Waals surface area contributed by atoms with Crippen molar-refractivity contribution in [3.8, 4) is 0 Å². The molecule has 3 aliphatic rings. The number of nitrogens with one attached hydrogen (secondary N) is 2. The molecule has 5 heteroatoms. The van der Waals surface area contributed by atoms with Crippen LogP contribution in [0, 0.1) is 11.8 Å². The van der Waals surface area contributed by atoms with Gasteiger partial charge in [-0.2, -0.15) is 0 Å². The second-order valence-corrected chi connectivity index (χ2v) is 10.6. The van der Waals surface area contributed by atoms with Crippen LogP contribution in [0.25, 0.3) is 0 Å². The van der Waals surface area contributed by atoms with E-state index in [2.05, 4.69) is 29.1 Å². The molecule has 26 heavy (non-hydrogen) atoms. The number of hydrogen-bond acceptors (Lipinski definition) is 3. The minimum atomic E-state index is -1.03. The standard InChI is InChI=1S/C21H34N2O2S/c1-4-21(2,3)26(25)23-18-11-9-16(10-12-18)20(24)22-19-13-8-15-6-5-7-17(15)14-19/h13-16,18,23H,4-12H2,1-3H3,(H,22,24). The largest absolute Gasteiger partial charge is 0.598 e.